The summed E-state index contributed by atoms with van der Waals surface area (Å²) in [5.41, 5.74) is 1.10. The SMILES string of the molecule is Cc1ccc([PH](=O)O)cc1.[CaH2]. The van der Waals surface area contributed by atoms with Crippen LogP contribution in [0.2, 0.25) is 0 Å². The van der Waals surface area contributed by atoms with Gasteiger partial charge in [-0.25, -0.2) is 0 Å². The molecule has 0 spiro atoms. The van der Waals surface area contributed by atoms with E-state index in [-0.39, 0.29) is 37.7 Å². The summed E-state index contributed by atoms with van der Waals surface area (Å²) in [7, 11) is -2.48. The molecule has 0 aromatic heterocycles. The van der Waals surface area contributed by atoms with Crippen LogP contribution in [0.5, 0.6) is 0 Å². The van der Waals surface area contributed by atoms with E-state index in [0.29, 0.717) is 5.30 Å². The van der Waals surface area contributed by atoms with Crippen LogP contribution >= 0.6 is 8.03 Å². The summed E-state index contributed by atoms with van der Waals surface area (Å²) in [5, 5.41) is 0.524. The Balaban J connectivity index is 0.000001000. The second-order valence-corrected chi connectivity index (χ2v) is 3.36. The van der Waals surface area contributed by atoms with Gasteiger partial charge in [0.1, 0.15) is 0 Å². The van der Waals surface area contributed by atoms with Crippen molar-refractivity contribution in [1.29, 1.82) is 0 Å². The van der Waals surface area contributed by atoms with Crippen molar-refractivity contribution >= 4 is 51.1 Å². The van der Waals surface area contributed by atoms with Gasteiger partial charge in [0.15, 0.2) is 0 Å². The van der Waals surface area contributed by atoms with E-state index in [1.54, 1.807) is 12.1 Å². The van der Waals surface area contributed by atoms with E-state index in [1.165, 1.54) is 0 Å². The maximum atomic E-state index is 10.5. The Morgan fingerprint density at radius 2 is 1.73 bits per heavy atom. The van der Waals surface area contributed by atoms with E-state index in [2.05, 4.69) is 0 Å². The van der Waals surface area contributed by atoms with Gasteiger partial charge in [0.25, 0.3) is 0 Å². The van der Waals surface area contributed by atoms with Gasteiger partial charge in [-0.2, -0.15) is 0 Å². The van der Waals surface area contributed by atoms with Gasteiger partial charge in [-0.15, -0.1) is 0 Å². The Morgan fingerprint density at radius 1 is 1.27 bits per heavy atom. The molecule has 0 fully saturated rings. The molecule has 0 saturated carbocycles. The third-order valence-corrected chi connectivity index (χ3v) is 2.13. The minimum atomic E-state index is -2.48. The first-order valence-electron chi connectivity index (χ1n) is 3.00. The number of hydrogen-bond acceptors (Lipinski definition) is 1. The molecule has 1 atom stereocenters. The summed E-state index contributed by atoms with van der Waals surface area (Å²) in [6.07, 6.45) is 0. The maximum absolute atomic E-state index is 10.5. The number of hydrogen-bond donors (Lipinski definition) is 1. The Labute approximate surface area is 96.5 Å². The van der Waals surface area contributed by atoms with Crippen molar-refractivity contribution in [2.24, 2.45) is 0 Å². The van der Waals surface area contributed by atoms with Gasteiger partial charge in [-0.05, 0) is 19.1 Å². The second kappa shape index (κ2) is 5.34. The summed E-state index contributed by atoms with van der Waals surface area (Å²) in [4.78, 5) is 8.66. The number of aryl methyl sites for hydroxylation is 1. The van der Waals surface area contributed by atoms with E-state index < -0.39 is 8.03 Å². The molecule has 1 unspecified atom stereocenters. The molecule has 0 saturated heterocycles. The van der Waals surface area contributed by atoms with Gasteiger partial charge in [-0.1, -0.05) is 17.7 Å². The fourth-order valence-corrected chi connectivity index (χ4v) is 1.15. The van der Waals surface area contributed by atoms with Crippen LogP contribution in [0.4, 0.5) is 0 Å². The molecule has 58 valence electrons. The molecule has 1 rings (SSSR count). The van der Waals surface area contributed by atoms with Crippen LogP contribution in [-0.4, -0.2) is 42.6 Å². The Morgan fingerprint density at radius 3 is 2.09 bits per heavy atom. The molecule has 1 aromatic carbocycles. The van der Waals surface area contributed by atoms with Gasteiger partial charge in [0, 0.05) is 5.30 Å². The third kappa shape index (κ3) is 3.73. The molecule has 0 bridgehead atoms. The van der Waals surface area contributed by atoms with E-state index in [9.17, 15) is 4.57 Å². The number of benzene rings is 1. The summed E-state index contributed by atoms with van der Waals surface area (Å²) >= 11 is 0. The zero-order valence-corrected chi connectivity index (χ0v) is 6.66. The first kappa shape index (κ1) is 11.7. The summed E-state index contributed by atoms with van der Waals surface area (Å²) in [5.74, 6) is 0. The van der Waals surface area contributed by atoms with E-state index in [4.69, 9.17) is 4.89 Å². The van der Waals surface area contributed by atoms with Crippen molar-refractivity contribution in [1.82, 2.24) is 0 Å². The Hall–Kier alpha value is 0.670. The quantitative estimate of drug-likeness (QED) is 0.516. The predicted octanol–water partition coefficient (Wildman–Crippen LogP) is 0.171. The number of rotatable bonds is 1. The normalized spacial score (nSPS) is 11.8. The fraction of sp³-hybridized carbons (Fsp3) is 0.143. The molecule has 1 N–H and O–H groups in total. The minimum absolute atomic E-state index is 0. The van der Waals surface area contributed by atoms with Gasteiger partial charge in [0.2, 0.25) is 8.03 Å². The van der Waals surface area contributed by atoms with E-state index >= 15 is 0 Å². The molecule has 4 heteroatoms. The summed E-state index contributed by atoms with van der Waals surface area (Å²) in [6, 6.07) is 7.01. The summed E-state index contributed by atoms with van der Waals surface area (Å²) in [6.45, 7) is 1.94. The average Bonchev–Trinajstić information content (AvgIpc) is 1.88. The molecule has 0 heterocycles. The van der Waals surface area contributed by atoms with Crippen molar-refractivity contribution in [3.8, 4) is 0 Å². The molecule has 0 amide bonds. The van der Waals surface area contributed by atoms with Crippen molar-refractivity contribution in [3.05, 3.63) is 29.8 Å². The van der Waals surface area contributed by atoms with Crippen LogP contribution in [0.15, 0.2) is 24.3 Å². The third-order valence-electron chi connectivity index (χ3n) is 1.30. The first-order chi connectivity index (χ1) is 4.70. The van der Waals surface area contributed by atoms with Crippen LogP contribution < -0.4 is 5.30 Å². The van der Waals surface area contributed by atoms with Gasteiger partial charge >= 0.3 is 37.7 Å². The second-order valence-electron chi connectivity index (χ2n) is 2.17. The van der Waals surface area contributed by atoms with Crippen LogP contribution in [0.25, 0.3) is 0 Å². The predicted molar refractivity (Wildman–Crippen MR) is 50.6 cm³/mol. The topological polar surface area (TPSA) is 37.3 Å². The monoisotopic (exact) mass is 198 g/mol. The van der Waals surface area contributed by atoms with Crippen molar-refractivity contribution in [3.63, 3.8) is 0 Å². The van der Waals surface area contributed by atoms with Gasteiger partial charge in [0.05, 0.1) is 0 Å². The molecule has 1 aromatic rings. The molecule has 0 radical (unpaired) electrons. The van der Waals surface area contributed by atoms with Crippen molar-refractivity contribution < 1.29 is 9.46 Å². The molecule has 2 nitrogen and oxygen atoms in total. The molecular weight excluding hydrogens is 187 g/mol. The average molecular weight is 198 g/mol. The molecular formula is C7H11CaO2P. The Bertz CT molecular complexity index is 245. The zero-order chi connectivity index (χ0) is 7.56. The Kier molecular flexibility index (Phi) is 5.66. The first-order valence-corrected chi connectivity index (χ1v) is 4.35. The van der Waals surface area contributed by atoms with Crippen molar-refractivity contribution in [2.45, 2.75) is 6.92 Å². The van der Waals surface area contributed by atoms with Crippen LogP contribution in [0.3, 0.4) is 0 Å². The molecule has 0 aliphatic rings. The van der Waals surface area contributed by atoms with Gasteiger partial charge < -0.3 is 4.89 Å². The van der Waals surface area contributed by atoms with Crippen molar-refractivity contribution in [2.75, 3.05) is 0 Å². The van der Waals surface area contributed by atoms with E-state index in [0.717, 1.165) is 5.56 Å². The molecule has 0 aliphatic heterocycles. The van der Waals surface area contributed by atoms with Gasteiger partial charge in [-0.3, -0.25) is 4.57 Å². The molecule has 11 heavy (non-hydrogen) atoms. The van der Waals surface area contributed by atoms with Crippen LogP contribution in [0.1, 0.15) is 5.56 Å². The standard InChI is InChI=1S/C7H9O2P.Ca.2H/c1-6-2-4-7(5-3-6)10(8)9;;;/h2-5,10H,1H3,(H,8,9);;;. The van der Waals surface area contributed by atoms with E-state index in [1.807, 2.05) is 19.1 Å². The molecule has 0 aliphatic carbocycles. The van der Waals surface area contributed by atoms with Crippen LogP contribution in [-0.2, 0) is 4.57 Å². The summed E-state index contributed by atoms with van der Waals surface area (Å²) < 4.78 is 10.5. The zero-order valence-electron chi connectivity index (χ0n) is 5.66. The fourth-order valence-electron chi connectivity index (χ4n) is 0.696. The van der Waals surface area contributed by atoms with Crippen LogP contribution in [0, 0.1) is 6.92 Å².